The molecule has 0 saturated heterocycles. The van der Waals surface area contributed by atoms with E-state index in [1.807, 2.05) is 0 Å². The number of nitrogens with two attached hydrogens (primary N) is 1. The fraction of sp³-hybridized carbons (Fsp3) is 0.154. The highest BCUT2D eigenvalue weighted by molar-refractivity contribution is 6.04. The number of hydrogen-bond acceptors (Lipinski definition) is 3. The number of H-pyrrole nitrogens is 1. The van der Waals surface area contributed by atoms with Gasteiger partial charge in [0, 0.05) is 11.4 Å². The quantitative estimate of drug-likeness (QED) is 0.762. The van der Waals surface area contributed by atoms with Gasteiger partial charge in [-0.3, -0.25) is 14.7 Å². The van der Waals surface area contributed by atoms with E-state index < -0.39 is 0 Å². The number of amides is 2. The number of aromatic amines is 1. The van der Waals surface area contributed by atoms with Crippen LogP contribution in [0.2, 0.25) is 0 Å². The van der Waals surface area contributed by atoms with Crippen LogP contribution in [0.15, 0.2) is 30.5 Å². The molecule has 0 radical (unpaired) electrons. The van der Waals surface area contributed by atoms with Crippen molar-refractivity contribution >= 4 is 17.5 Å². The summed E-state index contributed by atoms with van der Waals surface area (Å²) in [5.74, 6) is -0.611. The van der Waals surface area contributed by atoms with Crippen LogP contribution in [0.25, 0.3) is 0 Å². The van der Waals surface area contributed by atoms with Gasteiger partial charge in [0.25, 0.3) is 5.91 Å². The number of carbonyl (C=O) groups excluding carboxylic acids is 2. The second-order valence-electron chi connectivity index (χ2n) is 4.20. The highest BCUT2D eigenvalue weighted by atomic mass is 16.2. The average Bonchev–Trinajstić information content (AvgIpc) is 2.77. The molecule has 0 aliphatic carbocycles. The van der Waals surface area contributed by atoms with E-state index in [-0.39, 0.29) is 18.2 Å². The van der Waals surface area contributed by atoms with Crippen LogP contribution in [0, 0.1) is 6.92 Å². The van der Waals surface area contributed by atoms with Crippen molar-refractivity contribution in [2.24, 2.45) is 5.73 Å². The molecule has 1 aromatic heterocycles. The smallest absolute Gasteiger partial charge is 0.259 e. The normalized spacial score (nSPS) is 10.2. The van der Waals surface area contributed by atoms with E-state index in [0.717, 1.165) is 5.56 Å². The van der Waals surface area contributed by atoms with Gasteiger partial charge in [-0.05, 0) is 24.6 Å². The number of nitrogens with one attached hydrogen (secondary N) is 2. The van der Waals surface area contributed by atoms with E-state index in [1.165, 1.54) is 6.20 Å². The molecule has 0 atom stereocenters. The highest BCUT2D eigenvalue weighted by Gasteiger charge is 2.10. The fourth-order valence-corrected chi connectivity index (χ4v) is 1.69. The minimum atomic E-state index is -0.384. The Kier molecular flexibility index (Phi) is 3.61. The number of aryl methyl sites for hydroxylation is 1. The van der Waals surface area contributed by atoms with E-state index in [1.54, 1.807) is 31.2 Å². The fourth-order valence-electron chi connectivity index (χ4n) is 1.69. The maximum absolute atomic E-state index is 11.9. The summed E-state index contributed by atoms with van der Waals surface area (Å²) in [5.41, 5.74) is 7.78. The number of aromatic nitrogens is 2. The molecule has 98 valence electrons. The highest BCUT2D eigenvalue weighted by Crippen LogP contribution is 2.12. The Morgan fingerprint density at radius 3 is 2.53 bits per heavy atom. The lowest BCUT2D eigenvalue weighted by Crippen LogP contribution is -2.14. The molecular formula is C13H14N4O2. The molecule has 0 saturated carbocycles. The Balaban J connectivity index is 2.06. The molecule has 2 rings (SSSR count). The third-order valence-corrected chi connectivity index (χ3v) is 2.66. The minimum absolute atomic E-state index is 0.190. The first-order valence-electron chi connectivity index (χ1n) is 5.75. The molecule has 19 heavy (non-hydrogen) atoms. The molecule has 0 bridgehead atoms. The van der Waals surface area contributed by atoms with Crippen LogP contribution >= 0.6 is 0 Å². The molecule has 1 heterocycles. The van der Waals surface area contributed by atoms with E-state index in [9.17, 15) is 9.59 Å². The number of rotatable bonds is 4. The first-order valence-corrected chi connectivity index (χ1v) is 5.75. The zero-order chi connectivity index (χ0) is 13.8. The van der Waals surface area contributed by atoms with Crippen LogP contribution in [-0.2, 0) is 11.2 Å². The molecule has 6 heteroatoms. The number of nitrogens with zero attached hydrogens (tertiary/aromatic N) is 1. The molecule has 0 aliphatic heterocycles. The number of primary amides is 1. The first kappa shape index (κ1) is 12.8. The lowest BCUT2D eigenvalue weighted by molar-refractivity contribution is -0.117. The Morgan fingerprint density at radius 2 is 2.00 bits per heavy atom. The van der Waals surface area contributed by atoms with Gasteiger partial charge in [-0.15, -0.1) is 0 Å². The Morgan fingerprint density at radius 1 is 1.32 bits per heavy atom. The van der Waals surface area contributed by atoms with Crippen LogP contribution in [-0.4, -0.2) is 22.0 Å². The van der Waals surface area contributed by atoms with Crippen molar-refractivity contribution in [1.29, 1.82) is 0 Å². The summed E-state index contributed by atoms with van der Waals surface area (Å²) in [7, 11) is 0. The molecule has 2 amide bonds. The zero-order valence-corrected chi connectivity index (χ0v) is 10.4. The van der Waals surface area contributed by atoms with Crippen LogP contribution in [0.1, 0.15) is 21.6 Å². The van der Waals surface area contributed by atoms with Gasteiger partial charge < -0.3 is 11.1 Å². The Labute approximate surface area is 110 Å². The van der Waals surface area contributed by atoms with Crippen molar-refractivity contribution < 1.29 is 9.59 Å². The largest absolute Gasteiger partial charge is 0.369 e. The van der Waals surface area contributed by atoms with Gasteiger partial charge in [0.15, 0.2) is 0 Å². The van der Waals surface area contributed by atoms with Gasteiger partial charge in [-0.2, -0.15) is 5.10 Å². The van der Waals surface area contributed by atoms with Gasteiger partial charge in [0.05, 0.1) is 18.2 Å². The van der Waals surface area contributed by atoms with Gasteiger partial charge >= 0.3 is 0 Å². The van der Waals surface area contributed by atoms with Crippen LogP contribution in [0.4, 0.5) is 5.69 Å². The summed E-state index contributed by atoms with van der Waals surface area (Å²) in [6.45, 7) is 1.78. The summed E-state index contributed by atoms with van der Waals surface area (Å²) < 4.78 is 0. The summed E-state index contributed by atoms with van der Waals surface area (Å²) in [5, 5.41) is 9.25. The predicted octanol–water partition coefficient (Wildman–Crippen LogP) is 0.998. The Bertz CT molecular complexity index is 601. The zero-order valence-electron chi connectivity index (χ0n) is 10.4. The van der Waals surface area contributed by atoms with Gasteiger partial charge in [-0.1, -0.05) is 12.1 Å². The first-order chi connectivity index (χ1) is 9.06. The topological polar surface area (TPSA) is 101 Å². The average molecular weight is 258 g/mol. The number of hydrogen-bond donors (Lipinski definition) is 3. The Hall–Kier alpha value is -2.63. The van der Waals surface area contributed by atoms with Crippen LogP contribution < -0.4 is 11.1 Å². The SMILES string of the molecule is Cc1[nH]ncc1C(=O)Nc1ccc(CC(N)=O)cc1. The van der Waals surface area contributed by atoms with E-state index in [0.29, 0.717) is 16.9 Å². The predicted molar refractivity (Wildman–Crippen MR) is 70.6 cm³/mol. The number of anilines is 1. The molecule has 0 unspecified atom stereocenters. The molecule has 4 N–H and O–H groups in total. The number of benzene rings is 1. The van der Waals surface area contributed by atoms with Crippen LogP contribution in [0.3, 0.4) is 0 Å². The van der Waals surface area contributed by atoms with Crippen LogP contribution in [0.5, 0.6) is 0 Å². The van der Waals surface area contributed by atoms with Crippen molar-refractivity contribution in [2.45, 2.75) is 13.3 Å². The standard InChI is InChI=1S/C13H14N4O2/c1-8-11(7-15-17-8)13(19)16-10-4-2-9(3-5-10)6-12(14)18/h2-5,7H,6H2,1H3,(H2,14,18)(H,15,17)(H,16,19). The summed E-state index contributed by atoms with van der Waals surface area (Å²) in [6, 6.07) is 6.96. The van der Waals surface area contributed by atoms with Crippen molar-refractivity contribution in [3.05, 3.63) is 47.3 Å². The number of carbonyl (C=O) groups is 2. The molecule has 0 fully saturated rings. The molecule has 0 spiro atoms. The minimum Gasteiger partial charge on any atom is -0.369 e. The van der Waals surface area contributed by atoms with Gasteiger partial charge in [0.2, 0.25) is 5.91 Å². The van der Waals surface area contributed by atoms with E-state index in [2.05, 4.69) is 15.5 Å². The molecule has 1 aromatic carbocycles. The van der Waals surface area contributed by atoms with Gasteiger partial charge in [-0.25, -0.2) is 0 Å². The lowest BCUT2D eigenvalue weighted by atomic mass is 10.1. The summed E-state index contributed by atoms with van der Waals surface area (Å²) >= 11 is 0. The van der Waals surface area contributed by atoms with Crippen molar-refractivity contribution in [3.8, 4) is 0 Å². The van der Waals surface area contributed by atoms with Crippen molar-refractivity contribution in [3.63, 3.8) is 0 Å². The molecule has 0 aliphatic rings. The lowest BCUT2D eigenvalue weighted by Gasteiger charge is -2.05. The monoisotopic (exact) mass is 258 g/mol. The maximum atomic E-state index is 11.9. The van der Waals surface area contributed by atoms with Crippen molar-refractivity contribution in [1.82, 2.24) is 10.2 Å². The molecule has 2 aromatic rings. The molecular weight excluding hydrogens is 244 g/mol. The third kappa shape index (κ3) is 3.19. The summed E-state index contributed by atoms with van der Waals surface area (Å²) in [6.07, 6.45) is 1.67. The van der Waals surface area contributed by atoms with Crippen molar-refractivity contribution in [2.75, 3.05) is 5.32 Å². The second kappa shape index (κ2) is 5.34. The molecule has 6 nitrogen and oxygen atoms in total. The van der Waals surface area contributed by atoms with E-state index >= 15 is 0 Å². The van der Waals surface area contributed by atoms with Gasteiger partial charge in [0.1, 0.15) is 0 Å². The second-order valence-corrected chi connectivity index (χ2v) is 4.20. The van der Waals surface area contributed by atoms with E-state index in [4.69, 9.17) is 5.73 Å². The third-order valence-electron chi connectivity index (χ3n) is 2.66. The maximum Gasteiger partial charge on any atom is 0.259 e. The summed E-state index contributed by atoms with van der Waals surface area (Å²) in [4.78, 5) is 22.7.